The van der Waals surface area contributed by atoms with Gasteiger partial charge in [-0.2, -0.15) is 8.42 Å². The van der Waals surface area contributed by atoms with Crippen molar-refractivity contribution in [1.82, 2.24) is 0 Å². The van der Waals surface area contributed by atoms with Gasteiger partial charge in [-0.25, -0.2) is 4.39 Å². The van der Waals surface area contributed by atoms with Gasteiger partial charge in [-0.05, 0) is 12.1 Å². The van der Waals surface area contributed by atoms with Crippen LogP contribution in [0.1, 0.15) is 0 Å². The predicted molar refractivity (Wildman–Crippen MR) is 47.0 cm³/mol. The Labute approximate surface area is 78.8 Å². The van der Waals surface area contributed by atoms with Crippen LogP contribution in [0, 0.1) is 5.82 Å². The Bertz CT molecular complexity index is 304. The van der Waals surface area contributed by atoms with Gasteiger partial charge >= 0.3 is 8.26 Å². The van der Waals surface area contributed by atoms with Gasteiger partial charge in [-0.3, -0.25) is 0 Å². The van der Waals surface area contributed by atoms with E-state index in [-0.39, 0.29) is 5.82 Å². The van der Waals surface area contributed by atoms with Gasteiger partial charge in [-0.1, -0.05) is 18.2 Å². The van der Waals surface area contributed by atoms with Gasteiger partial charge in [0.2, 0.25) is 0 Å². The average Bonchev–Trinajstić information content (AvgIpc) is 1.85. The Morgan fingerprint density at radius 2 is 1.42 bits per heavy atom. The van der Waals surface area contributed by atoms with Crippen LogP contribution in [-0.2, 0) is 8.26 Å². The van der Waals surface area contributed by atoms with Crippen molar-refractivity contribution < 1.29 is 12.8 Å². The largest absolute Gasteiger partial charge is 0.317 e. The molecule has 1 aromatic carbocycles. The SMILES string of the molecule is Fc1ccccc1.O=S(=O)(Cl)Cl. The van der Waals surface area contributed by atoms with E-state index >= 15 is 0 Å². The number of benzene rings is 1. The summed E-state index contributed by atoms with van der Waals surface area (Å²) in [5.41, 5.74) is 0. The first kappa shape index (κ1) is 11.7. The summed E-state index contributed by atoms with van der Waals surface area (Å²) in [6.07, 6.45) is 0. The molecule has 0 unspecified atom stereocenters. The predicted octanol–water partition coefficient (Wildman–Crippen LogP) is 2.53. The lowest BCUT2D eigenvalue weighted by atomic mass is 10.4. The molecule has 0 saturated heterocycles. The molecule has 0 saturated carbocycles. The lowest BCUT2D eigenvalue weighted by molar-refractivity contribution is 0.621. The first-order valence-electron chi connectivity index (χ1n) is 2.74. The molecule has 0 spiro atoms. The lowest BCUT2D eigenvalue weighted by Gasteiger charge is -1.78. The van der Waals surface area contributed by atoms with Crippen LogP contribution in [0.2, 0.25) is 0 Å². The van der Waals surface area contributed by atoms with Gasteiger partial charge in [0.1, 0.15) is 5.82 Å². The summed E-state index contributed by atoms with van der Waals surface area (Å²) in [5, 5.41) is 0. The molecule has 68 valence electrons. The highest BCUT2D eigenvalue weighted by Gasteiger charge is 1.88. The van der Waals surface area contributed by atoms with E-state index in [1.807, 2.05) is 0 Å². The molecule has 1 aromatic rings. The fourth-order valence-corrected chi connectivity index (χ4v) is 0.415. The molecule has 0 radical (unpaired) electrons. The first-order valence-corrected chi connectivity index (χ1v) is 5.88. The van der Waals surface area contributed by atoms with Crippen molar-refractivity contribution in [3.05, 3.63) is 36.1 Å². The second-order valence-electron chi connectivity index (χ2n) is 1.67. The number of hydrogen-bond donors (Lipinski definition) is 0. The van der Waals surface area contributed by atoms with Gasteiger partial charge in [0.15, 0.2) is 0 Å². The van der Waals surface area contributed by atoms with Crippen molar-refractivity contribution in [2.45, 2.75) is 0 Å². The number of halogens is 3. The fraction of sp³-hybridized carbons (Fsp3) is 0. The zero-order valence-electron chi connectivity index (χ0n) is 5.75. The van der Waals surface area contributed by atoms with E-state index in [4.69, 9.17) is 8.42 Å². The highest BCUT2D eigenvalue weighted by atomic mass is 36.0. The van der Waals surface area contributed by atoms with Crippen LogP contribution >= 0.6 is 21.4 Å². The summed E-state index contributed by atoms with van der Waals surface area (Å²) in [6, 6.07) is 7.94. The Kier molecular flexibility index (Phi) is 5.20. The summed E-state index contributed by atoms with van der Waals surface area (Å²) in [4.78, 5) is 0. The Hall–Kier alpha value is -0.320. The minimum Gasteiger partial charge on any atom is -0.207 e. The molecule has 0 N–H and O–H groups in total. The van der Waals surface area contributed by atoms with Crippen LogP contribution in [-0.4, -0.2) is 8.42 Å². The maximum Gasteiger partial charge on any atom is 0.317 e. The molecule has 0 heterocycles. The zero-order valence-corrected chi connectivity index (χ0v) is 8.07. The topological polar surface area (TPSA) is 34.1 Å². The summed E-state index contributed by atoms with van der Waals surface area (Å²) >= 11 is 0. The molecule has 0 bridgehead atoms. The number of hydrogen-bond acceptors (Lipinski definition) is 2. The molecule has 2 nitrogen and oxygen atoms in total. The molecule has 0 atom stereocenters. The molecular weight excluding hydrogens is 226 g/mol. The fourth-order valence-electron chi connectivity index (χ4n) is 0.415. The molecule has 0 fully saturated rings. The van der Waals surface area contributed by atoms with Crippen molar-refractivity contribution in [2.75, 3.05) is 0 Å². The second kappa shape index (κ2) is 5.35. The van der Waals surface area contributed by atoms with E-state index in [9.17, 15) is 4.39 Å². The van der Waals surface area contributed by atoms with E-state index in [2.05, 4.69) is 21.4 Å². The van der Waals surface area contributed by atoms with Crippen molar-refractivity contribution in [2.24, 2.45) is 0 Å². The first-order chi connectivity index (χ1) is 5.39. The van der Waals surface area contributed by atoms with E-state index in [1.165, 1.54) is 12.1 Å². The normalized spacial score (nSPS) is 9.92. The molecule has 6 heteroatoms. The van der Waals surface area contributed by atoms with Crippen molar-refractivity contribution in [3.8, 4) is 0 Å². The zero-order chi connectivity index (χ0) is 9.61. The van der Waals surface area contributed by atoms with E-state index in [0.717, 1.165) is 0 Å². The summed E-state index contributed by atoms with van der Waals surface area (Å²) in [7, 11) is 4.81. The lowest BCUT2D eigenvalue weighted by Crippen LogP contribution is -1.63. The maximum absolute atomic E-state index is 11.9. The highest BCUT2D eigenvalue weighted by Crippen LogP contribution is 1.98. The van der Waals surface area contributed by atoms with Crippen LogP contribution in [0.15, 0.2) is 30.3 Å². The van der Waals surface area contributed by atoms with E-state index in [0.29, 0.717) is 0 Å². The average molecular weight is 231 g/mol. The van der Waals surface area contributed by atoms with Crippen LogP contribution in [0.5, 0.6) is 0 Å². The third-order valence-corrected chi connectivity index (χ3v) is 0.733. The number of rotatable bonds is 0. The van der Waals surface area contributed by atoms with Gasteiger partial charge in [0.25, 0.3) is 0 Å². The van der Waals surface area contributed by atoms with Crippen molar-refractivity contribution in [3.63, 3.8) is 0 Å². The van der Waals surface area contributed by atoms with Crippen molar-refractivity contribution in [1.29, 1.82) is 0 Å². The summed E-state index contributed by atoms with van der Waals surface area (Å²) in [6.45, 7) is 0. The Morgan fingerprint density at radius 3 is 1.58 bits per heavy atom. The van der Waals surface area contributed by atoms with Crippen LogP contribution < -0.4 is 0 Å². The highest BCUT2D eigenvalue weighted by molar-refractivity contribution is 8.31. The monoisotopic (exact) mass is 230 g/mol. The van der Waals surface area contributed by atoms with Gasteiger partial charge in [0, 0.05) is 21.4 Å². The maximum atomic E-state index is 11.9. The van der Waals surface area contributed by atoms with Gasteiger partial charge < -0.3 is 0 Å². The minimum absolute atomic E-state index is 0.178. The second-order valence-corrected chi connectivity index (χ2v) is 5.34. The minimum atomic E-state index is -3.72. The molecular formula is C6H5Cl2FO2S. The van der Waals surface area contributed by atoms with Crippen molar-refractivity contribution >= 4 is 29.6 Å². The Morgan fingerprint density at radius 1 is 1.08 bits per heavy atom. The standard InChI is InChI=1S/C6H5F.Cl2O2S/c7-6-4-2-1-3-5-6;1-5(2,3)4/h1-5H;. The molecule has 0 aliphatic rings. The third kappa shape index (κ3) is 12.4. The molecule has 1 rings (SSSR count). The van der Waals surface area contributed by atoms with Crippen LogP contribution in [0.25, 0.3) is 0 Å². The van der Waals surface area contributed by atoms with E-state index < -0.39 is 8.26 Å². The smallest absolute Gasteiger partial charge is 0.207 e. The van der Waals surface area contributed by atoms with Gasteiger partial charge in [0.05, 0.1) is 0 Å². The molecule has 12 heavy (non-hydrogen) atoms. The molecule has 0 aliphatic heterocycles. The summed E-state index contributed by atoms with van der Waals surface area (Å²) < 4.78 is 30.2. The molecule has 0 aromatic heterocycles. The van der Waals surface area contributed by atoms with Crippen LogP contribution in [0.3, 0.4) is 0 Å². The Balaban J connectivity index is 0.000000217. The third-order valence-electron chi connectivity index (χ3n) is 0.733. The quantitative estimate of drug-likeness (QED) is 0.643. The summed E-state index contributed by atoms with van der Waals surface area (Å²) in [5.74, 6) is -0.178. The molecule has 0 amide bonds. The van der Waals surface area contributed by atoms with Gasteiger partial charge in [-0.15, -0.1) is 0 Å². The molecule has 0 aliphatic carbocycles. The van der Waals surface area contributed by atoms with E-state index in [1.54, 1.807) is 18.2 Å². The van der Waals surface area contributed by atoms with Crippen LogP contribution in [0.4, 0.5) is 4.39 Å².